The quantitative estimate of drug-likeness (QED) is 0.913. The molecule has 0 saturated carbocycles. The number of anilines is 2. The average molecular weight is 275 g/mol. The number of piperidine rings is 1. The van der Waals surface area contributed by atoms with Crippen LogP contribution in [0.15, 0.2) is 18.2 Å². The van der Waals surface area contributed by atoms with E-state index in [0.29, 0.717) is 11.9 Å². The summed E-state index contributed by atoms with van der Waals surface area (Å²) in [5, 5.41) is 4.48. The van der Waals surface area contributed by atoms with Crippen LogP contribution < -0.4 is 10.6 Å². The van der Waals surface area contributed by atoms with Crippen LogP contribution in [0.2, 0.25) is 0 Å². The SMILES string of the molecule is Cc1cc(F)ccc1-n1nc(N2CCCCC2)nc1N. The van der Waals surface area contributed by atoms with E-state index in [1.807, 2.05) is 6.92 Å². The fraction of sp³-hybridized carbons (Fsp3) is 0.429. The Morgan fingerprint density at radius 1 is 1.20 bits per heavy atom. The summed E-state index contributed by atoms with van der Waals surface area (Å²) >= 11 is 0. The van der Waals surface area contributed by atoms with Crippen LogP contribution >= 0.6 is 0 Å². The number of rotatable bonds is 2. The normalized spacial score (nSPS) is 15.6. The van der Waals surface area contributed by atoms with Gasteiger partial charge < -0.3 is 10.6 Å². The first-order valence-corrected chi connectivity index (χ1v) is 6.89. The summed E-state index contributed by atoms with van der Waals surface area (Å²) in [7, 11) is 0. The maximum absolute atomic E-state index is 13.2. The molecule has 106 valence electrons. The van der Waals surface area contributed by atoms with Gasteiger partial charge in [0, 0.05) is 13.1 Å². The van der Waals surface area contributed by atoms with Crippen molar-refractivity contribution in [2.24, 2.45) is 0 Å². The first-order chi connectivity index (χ1) is 9.65. The number of nitrogens with two attached hydrogens (primary N) is 1. The van der Waals surface area contributed by atoms with Crippen LogP contribution in [0.5, 0.6) is 0 Å². The molecule has 2 N–H and O–H groups in total. The fourth-order valence-corrected chi connectivity index (χ4v) is 2.57. The highest BCUT2D eigenvalue weighted by molar-refractivity contribution is 5.47. The molecule has 1 aliphatic rings. The second kappa shape index (κ2) is 5.11. The molecular formula is C14H18FN5. The largest absolute Gasteiger partial charge is 0.368 e. The molecular weight excluding hydrogens is 257 g/mol. The lowest BCUT2D eigenvalue weighted by Gasteiger charge is -2.24. The molecule has 1 fully saturated rings. The predicted molar refractivity (Wildman–Crippen MR) is 76.5 cm³/mol. The Morgan fingerprint density at radius 3 is 2.65 bits per heavy atom. The minimum atomic E-state index is -0.263. The number of aryl methyl sites for hydroxylation is 1. The number of nitrogen functional groups attached to an aromatic ring is 1. The molecule has 0 atom stereocenters. The molecule has 1 saturated heterocycles. The Morgan fingerprint density at radius 2 is 1.95 bits per heavy atom. The summed E-state index contributed by atoms with van der Waals surface area (Å²) in [5.41, 5.74) is 7.50. The summed E-state index contributed by atoms with van der Waals surface area (Å²) in [6, 6.07) is 4.55. The van der Waals surface area contributed by atoms with Crippen molar-refractivity contribution < 1.29 is 4.39 Å². The van der Waals surface area contributed by atoms with E-state index >= 15 is 0 Å². The number of benzene rings is 1. The number of hydrogen-bond acceptors (Lipinski definition) is 4. The lowest BCUT2D eigenvalue weighted by Crippen LogP contribution is -2.30. The average Bonchev–Trinajstić information content (AvgIpc) is 2.82. The summed E-state index contributed by atoms with van der Waals surface area (Å²) in [4.78, 5) is 6.48. The highest BCUT2D eigenvalue weighted by atomic mass is 19.1. The van der Waals surface area contributed by atoms with Crippen LogP contribution in [0, 0.1) is 12.7 Å². The van der Waals surface area contributed by atoms with Crippen molar-refractivity contribution in [3.05, 3.63) is 29.6 Å². The lowest BCUT2D eigenvalue weighted by atomic mass is 10.1. The van der Waals surface area contributed by atoms with E-state index in [0.717, 1.165) is 37.2 Å². The number of aromatic nitrogens is 3. The fourth-order valence-electron chi connectivity index (χ4n) is 2.57. The van der Waals surface area contributed by atoms with E-state index < -0.39 is 0 Å². The monoisotopic (exact) mass is 275 g/mol. The van der Waals surface area contributed by atoms with Crippen LogP contribution in [-0.2, 0) is 0 Å². The van der Waals surface area contributed by atoms with Gasteiger partial charge in [-0.3, -0.25) is 0 Å². The Hall–Kier alpha value is -2.11. The number of nitrogens with zero attached hydrogens (tertiary/aromatic N) is 4. The highest BCUT2D eigenvalue weighted by Gasteiger charge is 2.18. The maximum atomic E-state index is 13.2. The van der Waals surface area contributed by atoms with Crippen molar-refractivity contribution in [2.75, 3.05) is 23.7 Å². The van der Waals surface area contributed by atoms with E-state index in [9.17, 15) is 4.39 Å². The van der Waals surface area contributed by atoms with Gasteiger partial charge in [-0.15, -0.1) is 5.10 Å². The standard InChI is InChI=1S/C14H18FN5/c1-10-9-11(15)5-6-12(10)20-13(16)17-14(18-20)19-7-3-2-4-8-19/h5-6,9H,2-4,7-8H2,1H3,(H2,16,17,18). The molecule has 2 aromatic rings. The lowest BCUT2D eigenvalue weighted by molar-refractivity contribution is 0.567. The van der Waals surface area contributed by atoms with Gasteiger partial charge >= 0.3 is 0 Å². The number of hydrogen-bond donors (Lipinski definition) is 1. The Bertz CT molecular complexity index is 616. The first kappa shape index (κ1) is 12.9. The van der Waals surface area contributed by atoms with Crippen LogP contribution in [0.4, 0.5) is 16.3 Å². The molecule has 0 amide bonds. The van der Waals surface area contributed by atoms with Gasteiger partial charge in [0.25, 0.3) is 0 Å². The smallest absolute Gasteiger partial charge is 0.246 e. The highest BCUT2D eigenvalue weighted by Crippen LogP contribution is 2.22. The number of halogens is 1. The van der Waals surface area contributed by atoms with Gasteiger partial charge in [-0.05, 0) is 49.9 Å². The summed E-state index contributed by atoms with van der Waals surface area (Å²) in [5.74, 6) is 0.729. The zero-order valence-corrected chi connectivity index (χ0v) is 11.5. The zero-order chi connectivity index (χ0) is 14.1. The first-order valence-electron chi connectivity index (χ1n) is 6.89. The van der Waals surface area contributed by atoms with Crippen molar-refractivity contribution in [3.8, 4) is 5.69 Å². The molecule has 5 nitrogen and oxygen atoms in total. The molecule has 0 bridgehead atoms. The minimum Gasteiger partial charge on any atom is -0.368 e. The molecule has 2 heterocycles. The van der Waals surface area contributed by atoms with Crippen LogP contribution in [0.3, 0.4) is 0 Å². The van der Waals surface area contributed by atoms with Crippen LogP contribution in [0.1, 0.15) is 24.8 Å². The van der Waals surface area contributed by atoms with Crippen molar-refractivity contribution in [1.29, 1.82) is 0 Å². The Labute approximate surface area is 117 Å². The third kappa shape index (κ3) is 2.33. The van der Waals surface area contributed by atoms with E-state index in [2.05, 4.69) is 15.0 Å². The van der Waals surface area contributed by atoms with E-state index in [-0.39, 0.29) is 5.82 Å². The third-order valence-corrected chi connectivity index (χ3v) is 3.65. The summed E-state index contributed by atoms with van der Waals surface area (Å²) < 4.78 is 14.8. The molecule has 0 radical (unpaired) electrons. The van der Waals surface area contributed by atoms with E-state index in [1.165, 1.54) is 18.6 Å². The van der Waals surface area contributed by atoms with E-state index in [1.54, 1.807) is 10.7 Å². The van der Waals surface area contributed by atoms with Gasteiger partial charge in [-0.1, -0.05) is 0 Å². The van der Waals surface area contributed by atoms with Gasteiger partial charge in [-0.25, -0.2) is 4.39 Å². The molecule has 1 aromatic heterocycles. The van der Waals surface area contributed by atoms with Crippen LogP contribution in [-0.4, -0.2) is 27.9 Å². The second-order valence-electron chi connectivity index (χ2n) is 5.16. The Kier molecular flexibility index (Phi) is 3.30. The molecule has 0 aliphatic carbocycles. The molecule has 20 heavy (non-hydrogen) atoms. The van der Waals surface area contributed by atoms with Gasteiger partial charge in [0.15, 0.2) is 0 Å². The molecule has 6 heteroatoms. The summed E-state index contributed by atoms with van der Waals surface area (Å²) in [6.45, 7) is 3.76. The minimum absolute atomic E-state index is 0.263. The van der Waals surface area contributed by atoms with Crippen molar-refractivity contribution in [1.82, 2.24) is 14.8 Å². The molecule has 0 unspecified atom stereocenters. The van der Waals surface area contributed by atoms with E-state index in [4.69, 9.17) is 5.73 Å². The predicted octanol–water partition coefficient (Wildman–Crippen LogP) is 2.29. The van der Waals surface area contributed by atoms with Gasteiger partial charge in [-0.2, -0.15) is 9.67 Å². The summed E-state index contributed by atoms with van der Waals surface area (Å²) in [6.07, 6.45) is 3.57. The van der Waals surface area contributed by atoms with Crippen molar-refractivity contribution >= 4 is 11.9 Å². The van der Waals surface area contributed by atoms with Crippen molar-refractivity contribution in [3.63, 3.8) is 0 Å². The molecule has 1 aliphatic heterocycles. The van der Waals surface area contributed by atoms with Gasteiger partial charge in [0.2, 0.25) is 11.9 Å². The van der Waals surface area contributed by atoms with Gasteiger partial charge in [0.05, 0.1) is 5.69 Å². The molecule has 0 spiro atoms. The van der Waals surface area contributed by atoms with Crippen molar-refractivity contribution in [2.45, 2.75) is 26.2 Å². The topological polar surface area (TPSA) is 60.0 Å². The van der Waals surface area contributed by atoms with Gasteiger partial charge in [0.1, 0.15) is 5.82 Å². The molecule has 3 rings (SSSR count). The Balaban J connectivity index is 1.95. The zero-order valence-electron chi connectivity index (χ0n) is 11.5. The third-order valence-electron chi connectivity index (χ3n) is 3.65. The van der Waals surface area contributed by atoms with Crippen LogP contribution in [0.25, 0.3) is 5.69 Å². The second-order valence-corrected chi connectivity index (χ2v) is 5.16. The maximum Gasteiger partial charge on any atom is 0.246 e. The molecule has 1 aromatic carbocycles.